The Morgan fingerprint density at radius 2 is 2.29 bits per heavy atom. The Hall–Kier alpha value is -1.33. The average molecular weight is 297 g/mol. The number of carbonyl (C=O) groups excluding carboxylic acids is 1. The van der Waals surface area contributed by atoms with Crippen molar-refractivity contribution in [2.45, 2.75) is 6.42 Å². The van der Waals surface area contributed by atoms with E-state index in [9.17, 15) is 4.79 Å². The van der Waals surface area contributed by atoms with E-state index in [1.54, 1.807) is 6.20 Å². The van der Waals surface area contributed by atoms with Gasteiger partial charge in [0, 0.05) is 34.7 Å². The van der Waals surface area contributed by atoms with Crippen LogP contribution in [0.5, 0.6) is 0 Å². The molecule has 0 aliphatic rings. The molecular weight excluding hydrogens is 284 g/mol. The van der Waals surface area contributed by atoms with E-state index < -0.39 is 0 Å². The molecule has 5 heteroatoms. The van der Waals surface area contributed by atoms with Crippen molar-refractivity contribution in [1.29, 1.82) is 0 Å². The lowest BCUT2D eigenvalue weighted by molar-refractivity contribution is 0.0953. The number of nitrogens with one attached hydrogen (secondary N) is 2. The first-order valence-electron chi connectivity index (χ1n) is 5.38. The van der Waals surface area contributed by atoms with Gasteiger partial charge in [0.2, 0.25) is 0 Å². The van der Waals surface area contributed by atoms with E-state index in [0.717, 1.165) is 15.4 Å². The number of aromatic nitrogens is 1. The second kappa shape index (κ2) is 5.33. The normalized spacial score (nSPS) is 10.7. The first-order valence-corrected chi connectivity index (χ1v) is 6.18. The van der Waals surface area contributed by atoms with E-state index >= 15 is 0 Å². The van der Waals surface area contributed by atoms with Gasteiger partial charge in [-0.2, -0.15) is 0 Å². The number of amides is 1. The van der Waals surface area contributed by atoms with Crippen molar-refractivity contribution in [1.82, 2.24) is 10.3 Å². The molecule has 0 bridgehead atoms. The SMILES string of the molecule is O=C(NCCCO)c1c[nH]c2cccc(Br)c12. The summed E-state index contributed by atoms with van der Waals surface area (Å²) in [4.78, 5) is 15.0. The van der Waals surface area contributed by atoms with E-state index in [4.69, 9.17) is 5.11 Å². The third kappa shape index (κ3) is 2.50. The molecule has 0 fully saturated rings. The quantitative estimate of drug-likeness (QED) is 0.756. The molecule has 1 amide bonds. The number of halogens is 1. The number of carbonyl (C=O) groups is 1. The molecule has 0 aliphatic carbocycles. The van der Waals surface area contributed by atoms with Gasteiger partial charge in [0.15, 0.2) is 0 Å². The first-order chi connectivity index (χ1) is 8.24. The Bertz CT molecular complexity index is 536. The van der Waals surface area contributed by atoms with Gasteiger partial charge in [0.05, 0.1) is 5.56 Å². The van der Waals surface area contributed by atoms with Crippen LogP contribution in [0.3, 0.4) is 0 Å². The van der Waals surface area contributed by atoms with Gasteiger partial charge in [0.25, 0.3) is 5.91 Å². The van der Waals surface area contributed by atoms with Crippen molar-refractivity contribution in [3.63, 3.8) is 0 Å². The fourth-order valence-corrected chi connectivity index (χ4v) is 2.28. The molecule has 0 unspecified atom stereocenters. The summed E-state index contributed by atoms with van der Waals surface area (Å²) in [7, 11) is 0. The number of H-pyrrole nitrogens is 1. The predicted octanol–water partition coefficient (Wildman–Crippen LogP) is 2.04. The van der Waals surface area contributed by atoms with Crippen molar-refractivity contribution in [3.05, 3.63) is 34.4 Å². The Morgan fingerprint density at radius 3 is 3.06 bits per heavy atom. The van der Waals surface area contributed by atoms with Gasteiger partial charge in [0.1, 0.15) is 0 Å². The van der Waals surface area contributed by atoms with Crippen LogP contribution in [0.4, 0.5) is 0 Å². The van der Waals surface area contributed by atoms with Gasteiger partial charge in [-0.25, -0.2) is 0 Å². The fraction of sp³-hybridized carbons (Fsp3) is 0.250. The number of aromatic amines is 1. The van der Waals surface area contributed by atoms with Crippen LogP contribution in [0, 0.1) is 0 Å². The highest BCUT2D eigenvalue weighted by molar-refractivity contribution is 9.10. The molecule has 4 nitrogen and oxygen atoms in total. The van der Waals surface area contributed by atoms with Gasteiger partial charge in [-0.15, -0.1) is 0 Å². The number of fused-ring (bicyclic) bond motifs is 1. The summed E-state index contributed by atoms with van der Waals surface area (Å²) >= 11 is 3.44. The number of hydrogen-bond donors (Lipinski definition) is 3. The molecule has 1 aromatic carbocycles. The van der Waals surface area contributed by atoms with E-state index in [0.29, 0.717) is 18.5 Å². The summed E-state index contributed by atoms with van der Waals surface area (Å²) < 4.78 is 0.892. The minimum atomic E-state index is -0.128. The molecule has 17 heavy (non-hydrogen) atoms. The number of benzene rings is 1. The fourth-order valence-electron chi connectivity index (χ4n) is 1.70. The molecule has 2 rings (SSSR count). The zero-order valence-electron chi connectivity index (χ0n) is 9.16. The molecule has 2 aromatic rings. The lowest BCUT2D eigenvalue weighted by Crippen LogP contribution is -2.24. The predicted molar refractivity (Wildman–Crippen MR) is 70.0 cm³/mol. The number of aliphatic hydroxyl groups excluding tert-OH is 1. The maximum absolute atomic E-state index is 11.9. The second-order valence-electron chi connectivity index (χ2n) is 3.70. The van der Waals surface area contributed by atoms with Gasteiger partial charge >= 0.3 is 0 Å². The van der Waals surface area contributed by atoms with E-state index in [2.05, 4.69) is 26.2 Å². The highest BCUT2D eigenvalue weighted by atomic mass is 79.9. The van der Waals surface area contributed by atoms with Crippen molar-refractivity contribution in [3.8, 4) is 0 Å². The molecule has 90 valence electrons. The molecule has 0 saturated heterocycles. The lowest BCUT2D eigenvalue weighted by Gasteiger charge is -2.03. The Kier molecular flexibility index (Phi) is 3.81. The van der Waals surface area contributed by atoms with E-state index in [1.165, 1.54) is 0 Å². The molecule has 0 spiro atoms. The van der Waals surface area contributed by atoms with Crippen LogP contribution in [0.25, 0.3) is 10.9 Å². The smallest absolute Gasteiger partial charge is 0.253 e. The van der Waals surface area contributed by atoms with Gasteiger partial charge in [-0.1, -0.05) is 22.0 Å². The zero-order chi connectivity index (χ0) is 12.3. The summed E-state index contributed by atoms with van der Waals surface area (Å²) in [5.41, 5.74) is 1.54. The largest absolute Gasteiger partial charge is 0.396 e. The minimum Gasteiger partial charge on any atom is -0.396 e. The van der Waals surface area contributed by atoms with Crippen molar-refractivity contribution < 1.29 is 9.90 Å². The standard InChI is InChI=1S/C12H13BrN2O2/c13-9-3-1-4-10-11(9)8(7-15-10)12(17)14-5-2-6-16/h1,3-4,7,15-16H,2,5-6H2,(H,14,17). The molecule has 1 aromatic heterocycles. The Labute approximate surface area is 107 Å². The van der Waals surface area contributed by atoms with Crippen LogP contribution in [0.15, 0.2) is 28.9 Å². The Balaban J connectivity index is 2.26. The number of hydrogen-bond acceptors (Lipinski definition) is 2. The highest BCUT2D eigenvalue weighted by Crippen LogP contribution is 2.26. The summed E-state index contributed by atoms with van der Waals surface area (Å²) in [6.07, 6.45) is 2.26. The van der Waals surface area contributed by atoms with Crippen molar-refractivity contribution in [2.75, 3.05) is 13.2 Å². The maximum atomic E-state index is 11.9. The van der Waals surface area contributed by atoms with E-state index in [1.807, 2.05) is 18.2 Å². The van der Waals surface area contributed by atoms with Crippen LogP contribution >= 0.6 is 15.9 Å². The summed E-state index contributed by atoms with van der Waals surface area (Å²) in [6.45, 7) is 0.560. The third-order valence-electron chi connectivity index (χ3n) is 2.52. The molecule has 3 N–H and O–H groups in total. The van der Waals surface area contributed by atoms with Crippen LogP contribution < -0.4 is 5.32 Å². The van der Waals surface area contributed by atoms with Crippen LogP contribution in [-0.2, 0) is 0 Å². The van der Waals surface area contributed by atoms with Crippen LogP contribution in [0.1, 0.15) is 16.8 Å². The monoisotopic (exact) mass is 296 g/mol. The lowest BCUT2D eigenvalue weighted by atomic mass is 10.1. The third-order valence-corrected chi connectivity index (χ3v) is 3.18. The topological polar surface area (TPSA) is 65.1 Å². The highest BCUT2D eigenvalue weighted by Gasteiger charge is 2.13. The van der Waals surface area contributed by atoms with Crippen LogP contribution in [-0.4, -0.2) is 29.1 Å². The van der Waals surface area contributed by atoms with Crippen LogP contribution in [0.2, 0.25) is 0 Å². The van der Waals surface area contributed by atoms with Crippen molar-refractivity contribution in [2.24, 2.45) is 0 Å². The second-order valence-corrected chi connectivity index (χ2v) is 4.55. The van der Waals surface area contributed by atoms with E-state index in [-0.39, 0.29) is 12.5 Å². The molecule has 1 heterocycles. The summed E-state index contributed by atoms with van der Waals surface area (Å²) in [5.74, 6) is -0.128. The molecule has 0 atom stereocenters. The zero-order valence-corrected chi connectivity index (χ0v) is 10.8. The minimum absolute atomic E-state index is 0.0812. The first kappa shape index (κ1) is 12.1. The molecule has 0 saturated carbocycles. The molecule has 0 aliphatic heterocycles. The summed E-state index contributed by atoms with van der Waals surface area (Å²) in [6, 6.07) is 5.74. The summed E-state index contributed by atoms with van der Waals surface area (Å²) in [5, 5.41) is 12.3. The average Bonchev–Trinajstić information content (AvgIpc) is 2.74. The molecular formula is C12H13BrN2O2. The van der Waals surface area contributed by atoms with Gasteiger partial charge < -0.3 is 15.4 Å². The number of rotatable bonds is 4. The molecule has 0 radical (unpaired) electrons. The van der Waals surface area contributed by atoms with Crippen molar-refractivity contribution >= 4 is 32.7 Å². The number of aliphatic hydroxyl groups is 1. The van der Waals surface area contributed by atoms with Gasteiger partial charge in [-0.05, 0) is 18.6 Å². The van der Waals surface area contributed by atoms with Gasteiger partial charge in [-0.3, -0.25) is 4.79 Å². The maximum Gasteiger partial charge on any atom is 0.253 e. The Morgan fingerprint density at radius 1 is 1.47 bits per heavy atom.